The van der Waals surface area contributed by atoms with Crippen molar-refractivity contribution in [3.63, 3.8) is 0 Å². The van der Waals surface area contributed by atoms with Gasteiger partial charge in [0.25, 0.3) is 0 Å². The van der Waals surface area contributed by atoms with Gasteiger partial charge in [0.2, 0.25) is 0 Å². The Hall–Kier alpha value is -0.0900. The third-order valence-corrected chi connectivity index (χ3v) is 3.58. The summed E-state index contributed by atoms with van der Waals surface area (Å²) in [5, 5.41) is -0.699. The van der Waals surface area contributed by atoms with Crippen LogP contribution in [-0.2, 0) is 9.84 Å². The lowest BCUT2D eigenvalue weighted by Crippen LogP contribution is -2.32. The van der Waals surface area contributed by atoms with Crippen molar-refractivity contribution in [3.8, 4) is 0 Å². The van der Waals surface area contributed by atoms with Gasteiger partial charge in [0.15, 0.2) is 9.84 Å². The van der Waals surface area contributed by atoms with Gasteiger partial charge in [-0.15, -0.1) is 0 Å². The quantitative estimate of drug-likeness (QED) is 0.724. The van der Waals surface area contributed by atoms with Crippen LogP contribution in [0.1, 0.15) is 27.2 Å². The Bertz CT molecular complexity index is 221. The van der Waals surface area contributed by atoms with E-state index < -0.39 is 15.2 Å². The van der Waals surface area contributed by atoms with Crippen molar-refractivity contribution in [2.75, 3.05) is 6.26 Å². The maximum absolute atomic E-state index is 11.0. The molecule has 0 aliphatic carbocycles. The van der Waals surface area contributed by atoms with Gasteiger partial charge in [0.05, 0.1) is 0 Å². The molecule has 0 bridgehead atoms. The lowest BCUT2D eigenvalue weighted by atomic mass is 9.95. The van der Waals surface area contributed by atoms with Crippen molar-refractivity contribution in [1.29, 1.82) is 0 Å². The van der Waals surface area contributed by atoms with Gasteiger partial charge in [-0.1, -0.05) is 20.8 Å². The van der Waals surface area contributed by atoms with E-state index in [4.69, 9.17) is 5.73 Å². The first-order valence-corrected chi connectivity index (χ1v) is 6.15. The summed E-state index contributed by atoms with van der Waals surface area (Å²) >= 11 is 0. The Morgan fingerprint density at radius 2 is 1.67 bits per heavy atom. The highest BCUT2D eigenvalue weighted by molar-refractivity contribution is 7.91. The van der Waals surface area contributed by atoms with Crippen LogP contribution in [0.4, 0.5) is 0 Å². The van der Waals surface area contributed by atoms with E-state index in [9.17, 15) is 8.42 Å². The molecule has 74 valence electrons. The number of sulfone groups is 1. The summed E-state index contributed by atoms with van der Waals surface area (Å²) in [4.78, 5) is 0. The fourth-order valence-electron chi connectivity index (χ4n) is 0.813. The second-order valence-corrected chi connectivity index (χ2v) is 6.09. The second-order valence-electron chi connectivity index (χ2n) is 3.82. The van der Waals surface area contributed by atoms with Gasteiger partial charge in [-0.25, -0.2) is 8.42 Å². The Kier molecular flexibility index (Phi) is 4.20. The molecule has 0 rings (SSSR count). The minimum Gasteiger partial charge on any atom is -0.315 e. The molecular formula is C8H19NO2S. The molecule has 2 N–H and O–H groups in total. The molecule has 0 aromatic heterocycles. The zero-order valence-corrected chi connectivity index (χ0v) is 9.06. The van der Waals surface area contributed by atoms with Crippen LogP contribution >= 0.6 is 0 Å². The lowest BCUT2D eigenvalue weighted by Gasteiger charge is -2.18. The monoisotopic (exact) mass is 193 g/mol. The Labute approximate surface area is 75.3 Å². The normalized spacial score (nSPS) is 17.8. The SMILES string of the molecule is CC(C)C(C)CC(N)S(C)(=O)=O. The highest BCUT2D eigenvalue weighted by Gasteiger charge is 2.19. The molecule has 2 atom stereocenters. The predicted molar refractivity (Wildman–Crippen MR) is 51.4 cm³/mol. The van der Waals surface area contributed by atoms with Gasteiger partial charge < -0.3 is 5.73 Å². The summed E-state index contributed by atoms with van der Waals surface area (Å²) < 4.78 is 21.9. The molecule has 0 aliphatic rings. The first kappa shape index (κ1) is 11.9. The standard InChI is InChI=1S/C8H19NO2S/c1-6(2)7(3)5-8(9)12(4,10)11/h6-8H,5,9H2,1-4H3. The van der Waals surface area contributed by atoms with Crippen LogP contribution in [0.25, 0.3) is 0 Å². The van der Waals surface area contributed by atoms with Crippen molar-refractivity contribution in [2.45, 2.75) is 32.6 Å². The second kappa shape index (κ2) is 4.23. The van der Waals surface area contributed by atoms with Crippen molar-refractivity contribution >= 4 is 9.84 Å². The van der Waals surface area contributed by atoms with Gasteiger partial charge in [-0.05, 0) is 18.3 Å². The van der Waals surface area contributed by atoms with E-state index in [0.29, 0.717) is 18.3 Å². The smallest absolute Gasteiger partial charge is 0.163 e. The fourth-order valence-corrected chi connectivity index (χ4v) is 1.47. The van der Waals surface area contributed by atoms with Crippen molar-refractivity contribution in [3.05, 3.63) is 0 Å². The van der Waals surface area contributed by atoms with E-state index in [1.165, 1.54) is 6.26 Å². The van der Waals surface area contributed by atoms with E-state index in [-0.39, 0.29) is 0 Å². The van der Waals surface area contributed by atoms with Crippen molar-refractivity contribution < 1.29 is 8.42 Å². The van der Waals surface area contributed by atoms with Gasteiger partial charge in [-0.2, -0.15) is 0 Å². The van der Waals surface area contributed by atoms with Crippen LogP contribution in [0.2, 0.25) is 0 Å². The van der Waals surface area contributed by atoms with Crippen molar-refractivity contribution in [2.24, 2.45) is 17.6 Å². The zero-order valence-electron chi connectivity index (χ0n) is 8.24. The summed E-state index contributed by atoms with van der Waals surface area (Å²) in [5.41, 5.74) is 5.50. The van der Waals surface area contributed by atoms with Gasteiger partial charge in [-0.3, -0.25) is 0 Å². The maximum atomic E-state index is 11.0. The van der Waals surface area contributed by atoms with Crippen LogP contribution in [-0.4, -0.2) is 20.0 Å². The average molecular weight is 193 g/mol. The molecule has 0 radical (unpaired) electrons. The molecule has 0 saturated carbocycles. The molecular weight excluding hydrogens is 174 g/mol. The van der Waals surface area contributed by atoms with Crippen LogP contribution in [0, 0.1) is 11.8 Å². The topological polar surface area (TPSA) is 60.2 Å². The number of hydrogen-bond donors (Lipinski definition) is 1. The number of rotatable bonds is 4. The minimum atomic E-state index is -3.05. The zero-order chi connectivity index (χ0) is 9.94. The lowest BCUT2D eigenvalue weighted by molar-refractivity contribution is 0.384. The predicted octanol–water partition coefficient (Wildman–Crippen LogP) is 0.998. The molecule has 0 aromatic rings. The van der Waals surface area contributed by atoms with Gasteiger partial charge >= 0.3 is 0 Å². The summed E-state index contributed by atoms with van der Waals surface area (Å²) in [6.07, 6.45) is 1.74. The third kappa shape index (κ3) is 4.07. The molecule has 4 heteroatoms. The highest BCUT2D eigenvalue weighted by Crippen LogP contribution is 2.16. The largest absolute Gasteiger partial charge is 0.315 e. The summed E-state index contributed by atoms with van der Waals surface area (Å²) in [6.45, 7) is 6.16. The average Bonchev–Trinajstić information content (AvgIpc) is 1.85. The summed E-state index contributed by atoms with van der Waals surface area (Å²) in [5.74, 6) is 0.840. The molecule has 0 spiro atoms. The van der Waals surface area contributed by atoms with E-state index in [0.717, 1.165) is 0 Å². The number of nitrogens with two attached hydrogens (primary N) is 1. The summed E-state index contributed by atoms with van der Waals surface area (Å²) in [7, 11) is -3.05. The van der Waals surface area contributed by atoms with E-state index in [1.54, 1.807) is 0 Å². The first-order chi connectivity index (χ1) is 5.25. The Balaban J connectivity index is 4.11. The summed E-state index contributed by atoms with van der Waals surface area (Å²) in [6, 6.07) is 0. The Morgan fingerprint density at radius 3 is 1.92 bits per heavy atom. The van der Waals surface area contributed by atoms with E-state index >= 15 is 0 Å². The molecule has 0 fully saturated rings. The van der Waals surface area contributed by atoms with E-state index in [1.807, 2.05) is 6.92 Å². The minimum absolute atomic E-state index is 0.356. The molecule has 2 unspecified atom stereocenters. The molecule has 12 heavy (non-hydrogen) atoms. The molecule has 0 saturated heterocycles. The molecule has 0 aromatic carbocycles. The maximum Gasteiger partial charge on any atom is 0.163 e. The van der Waals surface area contributed by atoms with E-state index in [2.05, 4.69) is 13.8 Å². The molecule has 0 amide bonds. The third-order valence-electron chi connectivity index (χ3n) is 2.29. The molecule has 3 nitrogen and oxygen atoms in total. The van der Waals surface area contributed by atoms with Crippen LogP contribution in [0.15, 0.2) is 0 Å². The van der Waals surface area contributed by atoms with Gasteiger partial charge in [0, 0.05) is 6.26 Å². The first-order valence-electron chi connectivity index (χ1n) is 4.19. The van der Waals surface area contributed by atoms with Crippen molar-refractivity contribution in [1.82, 2.24) is 0 Å². The molecule has 0 heterocycles. The van der Waals surface area contributed by atoms with Gasteiger partial charge in [0.1, 0.15) is 5.37 Å². The van der Waals surface area contributed by atoms with Crippen LogP contribution in [0.3, 0.4) is 0 Å². The fraction of sp³-hybridized carbons (Fsp3) is 1.00. The van der Waals surface area contributed by atoms with Crippen LogP contribution in [0.5, 0.6) is 0 Å². The number of hydrogen-bond acceptors (Lipinski definition) is 3. The molecule has 0 aliphatic heterocycles. The highest BCUT2D eigenvalue weighted by atomic mass is 32.2. The Morgan fingerprint density at radius 1 is 1.25 bits per heavy atom. The van der Waals surface area contributed by atoms with Crippen LogP contribution < -0.4 is 5.73 Å².